The van der Waals surface area contributed by atoms with Crippen LogP contribution in [-0.4, -0.2) is 7.05 Å². The smallest absolute Gasteiger partial charge is 0.0487 e. The van der Waals surface area contributed by atoms with Gasteiger partial charge in [0.25, 0.3) is 0 Å². The molecule has 0 radical (unpaired) electrons. The van der Waals surface area contributed by atoms with Gasteiger partial charge < -0.3 is 4.90 Å². The lowest BCUT2D eigenvalue weighted by atomic mass is 9.93. The maximum atomic E-state index is 2.32. The van der Waals surface area contributed by atoms with Crippen molar-refractivity contribution in [1.29, 1.82) is 0 Å². The van der Waals surface area contributed by atoms with Crippen LogP contribution in [0, 0.1) is 0 Å². The Labute approximate surface area is 176 Å². The van der Waals surface area contributed by atoms with Crippen LogP contribution in [-0.2, 0) is 0 Å². The Kier molecular flexibility index (Phi) is 3.75. The Morgan fingerprint density at radius 2 is 1.07 bits per heavy atom. The fourth-order valence-electron chi connectivity index (χ4n) is 4.70. The Morgan fingerprint density at radius 1 is 0.500 bits per heavy atom. The van der Waals surface area contributed by atoms with Crippen LogP contribution < -0.4 is 4.90 Å². The molecule has 0 saturated carbocycles. The van der Waals surface area contributed by atoms with Crippen molar-refractivity contribution >= 4 is 43.7 Å². The minimum atomic E-state index is 1.20. The highest BCUT2D eigenvalue weighted by atomic mass is 15.1. The maximum absolute atomic E-state index is 2.32. The van der Waals surface area contributed by atoms with Gasteiger partial charge in [0.2, 0.25) is 0 Å². The van der Waals surface area contributed by atoms with Gasteiger partial charge in [-0.1, -0.05) is 91.0 Å². The SMILES string of the molecule is CN(c1cc2ccc3cccc4ccc(c1)c2c34)c1ccccc1-c1ccccc1. The van der Waals surface area contributed by atoms with Crippen LogP contribution in [0.3, 0.4) is 0 Å². The average molecular weight is 383 g/mol. The first-order valence-electron chi connectivity index (χ1n) is 10.4. The van der Waals surface area contributed by atoms with Crippen molar-refractivity contribution in [2.24, 2.45) is 0 Å². The van der Waals surface area contributed by atoms with Crippen molar-refractivity contribution < 1.29 is 0 Å². The lowest BCUT2D eigenvalue weighted by Gasteiger charge is -2.24. The third-order valence-corrected chi connectivity index (χ3v) is 6.19. The van der Waals surface area contributed by atoms with Crippen LogP contribution in [0.25, 0.3) is 43.4 Å². The summed E-state index contributed by atoms with van der Waals surface area (Å²) in [6.07, 6.45) is 0. The standard InChI is InChI=1S/C29H21N/c1-30(27-13-6-5-12-26(27)20-8-3-2-4-9-20)25-18-23-16-14-21-10-7-11-22-15-17-24(19-25)29(23)28(21)22/h2-19H,1H3. The molecule has 0 unspecified atom stereocenters. The summed E-state index contributed by atoms with van der Waals surface area (Å²) in [5, 5.41) is 7.92. The van der Waals surface area contributed by atoms with Gasteiger partial charge in [-0.15, -0.1) is 0 Å². The van der Waals surface area contributed by atoms with E-state index in [4.69, 9.17) is 0 Å². The number of rotatable bonds is 3. The van der Waals surface area contributed by atoms with Gasteiger partial charge in [-0.05, 0) is 56.1 Å². The predicted molar refractivity (Wildman–Crippen MR) is 130 cm³/mol. The number of hydrogen-bond acceptors (Lipinski definition) is 1. The molecule has 0 aliphatic rings. The molecule has 0 heterocycles. The first kappa shape index (κ1) is 17.1. The first-order chi connectivity index (χ1) is 14.8. The van der Waals surface area contributed by atoms with Crippen molar-refractivity contribution in [2.75, 3.05) is 11.9 Å². The zero-order valence-electron chi connectivity index (χ0n) is 16.8. The third-order valence-electron chi connectivity index (χ3n) is 6.19. The van der Waals surface area contributed by atoms with Gasteiger partial charge in [0.15, 0.2) is 0 Å². The predicted octanol–water partition coefficient (Wildman–Crippen LogP) is 8.02. The number of anilines is 2. The van der Waals surface area contributed by atoms with E-state index in [2.05, 4.69) is 121 Å². The molecule has 6 aromatic rings. The van der Waals surface area contributed by atoms with E-state index in [0.29, 0.717) is 0 Å². The van der Waals surface area contributed by atoms with Crippen LogP contribution in [0.4, 0.5) is 11.4 Å². The number of hydrogen-bond donors (Lipinski definition) is 0. The lowest BCUT2D eigenvalue weighted by Crippen LogP contribution is -2.10. The molecular formula is C29H21N. The van der Waals surface area contributed by atoms with E-state index < -0.39 is 0 Å². The number of benzene rings is 6. The summed E-state index contributed by atoms with van der Waals surface area (Å²) in [5.74, 6) is 0. The molecule has 1 nitrogen and oxygen atoms in total. The topological polar surface area (TPSA) is 3.24 Å². The summed E-state index contributed by atoms with van der Waals surface area (Å²) in [7, 11) is 2.16. The van der Waals surface area contributed by atoms with Crippen molar-refractivity contribution in [1.82, 2.24) is 0 Å². The molecule has 0 aliphatic carbocycles. The number of nitrogens with zero attached hydrogens (tertiary/aromatic N) is 1. The molecule has 0 spiro atoms. The number of para-hydroxylation sites is 1. The zero-order chi connectivity index (χ0) is 20.1. The molecule has 0 saturated heterocycles. The summed E-state index contributed by atoms with van der Waals surface area (Å²) in [4.78, 5) is 2.30. The molecule has 0 atom stereocenters. The van der Waals surface area contributed by atoms with Crippen LogP contribution >= 0.6 is 0 Å². The molecule has 0 N–H and O–H groups in total. The molecular weight excluding hydrogens is 362 g/mol. The highest BCUT2D eigenvalue weighted by molar-refractivity contribution is 6.23. The second-order valence-electron chi connectivity index (χ2n) is 7.92. The molecule has 142 valence electrons. The Bertz CT molecular complexity index is 1430. The molecule has 6 aromatic carbocycles. The van der Waals surface area contributed by atoms with E-state index in [1.165, 1.54) is 54.8 Å². The van der Waals surface area contributed by atoms with Crippen molar-refractivity contribution in [3.63, 3.8) is 0 Å². The quantitative estimate of drug-likeness (QED) is 0.280. The molecule has 0 aliphatic heterocycles. The van der Waals surface area contributed by atoms with Gasteiger partial charge in [-0.25, -0.2) is 0 Å². The van der Waals surface area contributed by atoms with Crippen molar-refractivity contribution in [2.45, 2.75) is 0 Å². The molecule has 0 amide bonds. The fraction of sp³-hybridized carbons (Fsp3) is 0.0345. The van der Waals surface area contributed by atoms with Crippen LogP contribution in [0.5, 0.6) is 0 Å². The van der Waals surface area contributed by atoms with E-state index in [1.54, 1.807) is 0 Å². The summed E-state index contributed by atoms with van der Waals surface area (Å²) >= 11 is 0. The molecule has 0 bridgehead atoms. The first-order valence-corrected chi connectivity index (χ1v) is 10.4. The Hall–Kier alpha value is -3.84. The molecule has 1 heteroatoms. The van der Waals surface area contributed by atoms with Crippen LogP contribution in [0.1, 0.15) is 0 Å². The summed E-state index contributed by atoms with van der Waals surface area (Å²) < 4.78 is 0. The highest BCUT2D eigenvalue weighted by Crippen LogP contribution is 2.39. The van der Waals surface area contributed by atoms with Gasteiger partial charge in [0.05, 0.1) is 0 Å². The summed E-state index contributed by atoms with van der Waals surface area (Å²) in [5.41, 5.74) is 4.88. The van der Waals surface area contributed by atoms with Crippen molar-refractivity contribution in [3.05, 3.63) is 109 Å². The van der Waals surface area contributed by atoms with Gasteiger partial charge in [0, 0.05) is 24.0 Å². The van der Waals surface area contributed by atoms with Crippen LogP contribution in [0.2, 0.25) is 0 Å². The monoisotopic (exact) mass is 383 g/mol. The molecule has 0 fully saturated rings. The van der Waals surface area contributed by atoms with E-state index in [0.717, 1.165) is 0 Å². The minimum absolute atomic E-state index is 1.20. The van der Waals surface area contributed by atoms with Crippen molar-refractivity contribution in [3.8, 4) is 11.1 Å². The van der Waals surface area contributed by atoms with E-state index >= 15 is 0 Å². The second kappa shape index (κ2) is 6.60. The molecule has 6 rings (SSSR count). The van der Waals surface area contributed by atoms with E-state index in [1.807, 2.05) is 0 Å². The second-order valence-corrected chi connectivity index (χ2v) is 7.92. The van der Waals surface area contributed by atoms with Gasteiger partial charge in [-0.3, -0.25) is 0 Å². The Morgan fingerprint density at radius 3 is 1.77 bits per heavy atom. The normalized spacial score (nSPS) is 11.5. The zero-order valence-corrected chi connectivity index (χ0v) is 16.8. The third kappa shape index (κ3) is 2.56. The lowest BCUT2D eigenvalue weighted by molar-refractivity contribution is 1.22. The molecule has 30 heavy (non-hydrogen) atoms. The largest absolute Gasteiger partial charge is 0.344 e. The average Bonchev–Trinajstić information content (AvgIpc) is 2.82. The summed E-state index contributed by atoms with van der Waals surface area (Å²) in [6, 6.07) is 39.4. The van der Waals surface area contributed by atoms with Gasteiger partial charge >= 0.3 is 0 Å². The maximum Gasteiger partial charge on any atom is 0.0487 e. The fourth-order valence-corrected chi connectivity index (χ4v) is 4.70. The van der Waals surface area contributed by atoms with E-state index in [-0.39, 0.29) is 0 Å². The minimum Gasteiger partial charge on any atom is -0.344 e. The Balaban J connectivity index is 1.56. The highest BCUT2D eigenvalue weighted by Gasteiger charge is 2.14. The molecule has 0 aromatic heterocycles. The van der Waals surface area contributed by atoms with Gasteiger partial charge in [-0.2, -0.15) is 0 Å². The van der Waals surface area contributed by atoms with Gasteiger partial charge in [0.1, 0.15) is 0 Å². The van der Waals surface area contributed by atoms with E-state index in [9.17, 15) is 0 Å². The van der Waals surface area contributed by atoms with Crippen LogP contribution in [0.15, 0.2) is 109 Å². The summed E-state index contributed by atoms with van der Waals surface area (Å²) in [6.45, 7) is 0.